The zero-order chi connectivity index (χ0) is 26.9. The Morgan fingerprint density at radius 1 is 1.08 bits per heavy atom. The number of amides is 1. The summed E-state index contributed by atoms with van der Waals surface area (Å²) in [6.07, 6.45) is -1.18. The van der Waals surface area contributed by atoms with Crippen LogP contribution in [0.2, 0.25) is 0 Å². The fourth-order valence-corrected chi connectivity index (χ4v) is 4.60. The maximum atomic E-state index is 13.0. The number of benzene rings is 2. The lowest BCUT2D eigenvalue weighted by molar-refractivity contribution is -0.137. The summed E-state index contributed by atoms with van der Waals surface area (Å²) < 4.78 is 52.0. The summed E-state index contributed by atoms with van der Waals surface area (Å²) in [5.74, 6) is 0.914. The van der Waals surface area contributed by atoms with Crippen LogP contribution >= 0.6 is 0 Å². The molecule has 4 aromatic rings. The van der Waals surface area contributed by atoms with Crippen molar-refractivity contribution in [3.05, 3.63) is 78.4 Å². The summed E-state index contributed by atoms with van der Waals surface area (Å²) >= 11 is 0. The molecule has 1 aliphatic heterocycles. The van der Waals surface area contributed by atoms with Crippen molar-refractivity contribution in [3.63, 3.8) is 0 Å². The second kappa shape index (κ2) is 10.4. The lowest BCUT2D eigenvalue weighted by atomic mass is 10.2. The highest BCUT2D eigenvalue weighted by Gasteiger charge is 2.30. The average molecular weight is 526 g/mol. The number of morpholine rings is 1. The summed E-state index contributed by atoms with van der Waals surface area (Å²) in [5, 5.41) is 3.23. The fourth-order valence-electron chi connectivity index (χ4n) is 4.60. The van der Waals surface area contributed by atoms with Crippen LogP contribution in [0.1, 0.15) is 25.1 Å². The van der Waals surface area contributed by atoms with Crippen LogP contribution < -0.4 is 10.1 Å². The third kappa shape index (κ3) is 5.95. The Morgan fingerprint density at radius 3 is 2.63 bits per heavy atom. The smallest absolute Gasteiger partial charge is 0.416 e. The van der Waals surface area contributed by atoms with Crippen LogP contribution in [0.4, 0.5) is 23.7 Å². The summed E-state index contributed by atoms with van der Waals surface area (Å²) in [7, 11) is 0. The van der Waals surface area contributed by atoms with Crippen LogP contribution in [0.5, 0.6) is 11.6 Å². The van der Waals surface area contributed by atoms with E-state index in [0.717, 1.165) is 30.9 Å². The first-order valence-corrected chi connectivity index (χ1v) is 12.1. The van der Waals surface area contributed by atoms with Gasteiger partial charge in [-0.3, -0.25) is 9.47 Å². The molecule has 3 heterocycles. The molecule has 5 rings (SSSR count). The molecule has 1 saturated heterocycles. The number of alkyl halides is 3. The molecule has 8 nitrogen and oxygen atoms in total. The average Bonchev–Trinajstić information content (AvgIpc) is 3.27. The van der Waals surface area contributed by atoms with E-state index in [1.807, 2.05) is 0 Å². The highest BCUT2D eigenvalue weighted by molar-refractivity contribution is 5.98. The Bertz CT molecular complexity index is 1450. The van der Waals surface area contributed by atoms with Gasteiger partial charge in [-0.2, -0.15) is 13.2 Å². The van der Waals surface area contributed by atoms with Crippen LogP contribution in [0.25, 0.3) is 10.9 Å². The standard InChI is InChI=1S/C27H26F3N5O3/c1-17-13-34(14-18(2)37-17)15-22-12-25(32-16-31-22)38-23-6-7-24-19(10-23)8-9-35(24)26(36)33-21-5-3-4-20(11-21)27(28,29)30/h3-12,16-18H,13-15H2,1-2H3,(H,33,36)/t17-,18+. The van der Waals surface area contributed by atoms with Gasteiger partial charge in [-0.05, 0) is 56.3 Å². The lowest BCUT2D eigenvalue weighted by Gasteiger charge is -2.35. The highest BCUT2D eigenvalue weighted by atomic mass is 19.4. The molecular formula is C27H26F3N5O3. The number of ether oxygens (including phenoxy) is 2. The Kier molecular flexibility index (Phi) is 7.04. The minimum atomic E-state index is -4.50. The third-order valence-corrected chi connectivity index (χ3v) is 6.12. The van der Waals surface area contributed by atoms with E-state index < -0.39 is 17.8 Å². The van der Waals surface area contributed by atoms with E-state index in [9.17, 15) is 18.0 Å². The number of fused-ring (bicyclic) bond motifs is 1. The van der Waals surface area contributed by atoms with Crippen molar-refractivity contribution >= 4 is 22.6 Å². The molecule has 2 atom stereocenters. The van der Waals surface area contributed by atoms with E-state index in [1.54, 1.807) is 36.5 Å². The molecule has 2 aromatic carbocycles. The van der Waals surface area contributed by atoms with Crippen molar-refractivity contribution < 1.29 is 27.4 Å². The number of halogens is 3. The number of hydrogen-bond donors (Lipinski definition) is 1. The van der Waals surface area contributed by atoms with Crippen molar-refractivity contribution in [1.29, 1.82) is 0 Å². The third-order valence-electron chi connectivity index (χ3n) is 6.12. The van der Waals surface area contributed by atoms with Gasteiger partial charge < -0.3 is 14.8 Å². The van der Waals surface area contributed by atoms with Gasteiger partial charge in [0.15, 0.2) is 0 Å². The predicted octanol–water partition coefficient (Wildman–Crippen LogP) is 5.93. The predicted molar refractivity (Wildman–Crippen MR) is 135 cm³/mol. The first-order chi connectivity index (χ1) is 18.1. The molecular weight excluding hydrogens is 499 g/mol. The second-order valence-electron chi connectivity index (χ2n) is 9.32. The number of nitrogens with one attached hydrogen (secondary N) is 1. The van der Waals surface area contributed by atoms with Gasteiger partial charge in [0.1, 0.15) is 12.1 Å². The van der Waals surface area contributed by atoms with Crippen LogP contribution in [-0.4, -0.2) is 50.8 Å². The topological polar surface area (TPSA) is 81.5 Å². The fraction of sp³-hybridized carbons (Fsp3) is 0.296. The summed E-state index contributed by atoms with van der Waals surface area (Å²) in [4.78, 5) is 23.6. The molecule has 0 saturated carbocycles. The normalized spacial score (nSPS) is 18.4. The molecule has 0 unspecified atom stereocenters. The molecule has 1 amide bonds. The van der Waals surface area contributed by atoms with E-state index in [0.29, 0.717) is 29.1 Å². The quantitative estimate of drug-likeness (QED) is 0.348. The van der Waals surface area contributed by atoms with Crippen LogP contribution in [0.3, 0.4) is 0 Å². The monoisotopic (exact) mass is 525 g/mol. The van der Waals surface area contributed by atoms with Crippen LogP contribution in [0, 0.1) is 0 Å². The Hall–Kier alpha value is -3.96. The van der Waals surface area contributed by atoms with Crippen molar-refractivity contribution in [2.24, 2.45) is 0 Å². The number of carbonyl (C=O) groups is 1. The van der Waals surface area contributed by atoms with E-state index in [4.69, 9.17) is 9.47 Å². The Labute approximate surface area is 217 Å². The molecule has 38 heavy (non-hydrogen) atoms. The molecule has 0 radical (unpaired) electrons. The molecule has 2 aromatic heterocycles. The molecule has 198 valence electrons. The number of carbonyl (C=O) groups excluding carboxylic acids is 1. The molecule has 0 bridgehead atoms. The zero-order valence-electron chi connectivity index (χ0n) is 20.8. The second-order valence-corrected chi connectivity index (χ2v) is 9.32. The number of rotatable bonds is 5. The van der Waals surface area contributed by atoms with Crippen LogP contribution in [0.15, 0.2) is 67.1 Å². The molecule has 1 aliphatic rings. The van der Waals surface area contributed by atoms with E-state index in [2.05, 4.69) is 34.0 Å². The minimum Gasteiger partial charge on any atom is -0.439 e. The lowest BCUT2D eigenvalue weighted by Crippen LogP contribution is -2.44. The number of anilines is 1. The van der Waals surface area contributed by atoms with Crippen molar-refractivity contribution in [2.75, 3.05) is 18.4 Å². The summed E-state index contributed by atoms with van der Waals surface area (Å²) in [6.45, 7) is 6.39. The summed E-state index contributed by atoms with van der Waals surface area (Å²) in [6, 6.07) is 12.6. The number of nitrogens with zero attached hydrogens (tertiary/aromatic N) is 4. The van der Waals surface area contributed by atoms with E-state index >= 15 is 0 Å². The number of hydrogen-bond acceptors (Lipinski definition) is 6. The first kappa shape index (κ1) is 25.7. The van der Waals surface area contributed by atoms with E-state index in [-0.39, 0.29) is 17.9 Å². The van der Waals surface area contributed by atoms with Crippen molar-refractivity contribution in [3.8, 4) is 11.6 Å². The highest BCUT2D eigenvalue weighted by Crippen LogP contribution is 2.31. The SMILES string of the molecule is C[C@@H]1CN(Cc2cc(Oc3ccc4c(ccn4C(=O)Nc4cccc(C(F)(F)F)c4)c3)ncn2)C[C@H](C)O1. The molecule has 1 fully saturated rings. The molecule has 1 N–H and O–H groups in total. The molecule has 11 heteroatoms. The minimum absolute atomic E-state index is 0.0483. The van der Waals surface area contributed by atoms with Gasteiger partial charge in [0.25, 0.3) is 0 Å². The van der Waals surface area contributed by atoms with Crippen LogP contribution in [-0.2, 0) is 17.5 Å². The van der Waals surface area contributed by atoms with Crippen molar-refractivity contribution in [2.45, 2.75) is 38.8 Å². The maximum absolute atomic E-state index is 13.0. The van der Waals surface area contributed by atoms with Gasteiger partial charge in [0.2, 0.25) is 5.88 Å². The van der Waals surface area contributed by atoms with Gasteiger partial charge in [0.05, 0.1) is 29.0 Å². The van der Waals surface area contributed by atoms with Gasteiger partial charge in [0, 0.05) is 43.0 Å². The zero-order valence-corrected chi connectivity index (χ0v) is 20.8. The molecule has 0 aliphatic carbocycles. The van der Waals surface area contributed by atoms with Gasteiger partial charge in [-0.15, -0.1) is 0 Å². The van der Waals surface area contributed by atoms with Gasteiger partial charge in [-0.25, -0.2) is 14.8 Å². The van der Waals surface area contributed by atoms with Crippen molar-refractivity contribution in [1.82, 2.24) is 19.4 Å². The van der Waals surface area contributed by atoms with E-state index in [1.165, 1.54) is 23.0 Å². The number of aromatic nitrogens is 3. The van der Waals surface area contributed by atoms with Gasteiger partial charge >= 0.3 is 12.2 Å². The summed E-state index contributed by atoms with van der Waals surface area (Å²) in [5.41, 5.74) is 0.610. The Balaban J connectivity index is 1.28. The Morgan fingerprint density at radius 2 is 1.87 bits per heavy atom. The maximum Gasteiger partial charge on any atom is 0.416 e. The first-order valence-electron chi connectivity index (χ1n) is 12.1. The van der Waals surface area contributed by atoms with Gasteiger partial charge in [-0.1, -0.05) is 6.07 Å². The largest absolute Gasteiger partial charge is 0.439 e. The molecule has 0 spiro atoms.